The zero-order valence-electron chi connectivity index (χ0n) is 16.6. The molecular weight excluding hydrogens is 350 g/mol. The summed E-state index contributed by atoms with van der Waals surface area (Å²) in [7, 11) is 4.05. The number of nitrogens with one attached hydrogen (secondary N) is 1. The molecule has 3 heterocycles. The molecule has 0 bridgehead atoms. The van der Waals surface area contributed by atoms with Gasteiger partial charge in [0.2, 0.25) is 0 Å². The van der Waals surface area contributed by atoms with Gasteiger partial charge in [-0.1, -0.05) is 0 Å². The van der Waals surface area contributed by atoms with Crippen molar-refractivity contribution in [1.29, 1.82) is 0 Å². The average molecular weight is 377 g/mol. The fourth-order valence-corrected chi connectivity index (χ4v) is 4.16. The van der Waals surface area contributed by atoms with Crippen LogP contribution < -0.4 is 9.80 Å². The van der Waals surface area contributed by atoms with Crippen molar-refractivity contribution >= 4 is 22.4 Å². The summed E-state index contributed by atoms with van der Waals surface area (Å²) in [5.74, 6) is 1.70. The maximum Gasteiger partial charge on any atom is 0.139 e. The van der Waals surface area contributed by atoms with Crippen LogP contribution in [-0.4, -0.2) is 65.3 Å². The molecule has 2 aliphatic rings. The Morgan fingerprint density at radius 1 is 1.11 bits per heavy atom. The molecule has 0 atom stereocenters. The monoisotopic (exact) mass is 377 g/mol. The van der Waals surface area contributed by atoms with Gasteiger partial charge in [0.05, 0.1) is 11.7 Å². The van der Waals surface area contributed by atoms with Gasteiger partial charge in [0.25, 0.3) is 0 Å². The molecule has 7 heteroatoms. The summed E-state index contributed by atoms with van der Waals surface area (Å²) >= 11 is 0. The van der Waals surface area contributed by atoms with Crippen molar-refractivity contribution in [1.82, 2.24) is 25.1 Å². The molecule has 0 amide bonds. The van der Waals surface area contributed by atoms with Crippen LogP contribution in [-0.2, 0) is 6.54 Å². The molecule has 1 aliphatic heterocycles. The molecule has 0 radical (unpaired) electrons. The Bertz CT molecular complexity index is 968. The second-order valence-electron chi connectivity index (χ2n) is 8.14. The van der Waals surface area contributed by atoms with Gasteiger partial charge < -0.3 is 9.80 Å². The Hall–Kier alpha value is -2.67. The highest BCUT2D eigenvalue weighted by atomic mass is 15.3. The first kappa shape index (κ1) is 17.4. The van der Waals surface area contributed by atoms with E-state index in [0.717, 1.165) is 55.4 Å². The molecule has 28 heavy (non-hydrogen) atoms. The number of hydrogen-bond acceptors (Lipinski definition) is 6. The zero-order valence-corrected chi connectivity index (χ0v) is 16.6. The van der Waals surface area contributed by atoms with E-state index in [9.17, 15) is 0 Å². The normalized spacial score (nSPS) is 18.0. The average Bonchev–Trinajstić information content (AvgIpc) is 3.46. The SMILES string of the molecule is CN(C)c1ncnc2ccc(N3CCN(Cc4cn[nH]c4C4CC4)CC3)cc12. The number of aromatic amines is 1. The lowest BCUT2D eigenvalue weighted by atomic mass is 10.1. The number of anilines is 2. The molecule has 146 valence electrons. The summed E-state index contributed by atoms with van der Waals surface area (Å²) < 4.78 is 0. The van der Waals surface area contributed by atoms with E-state index in [1.807, 2.05) is 25.2 Å². The fourth-order valence-electron chi connectivity index (χ4n) is 4.16. The van der Waals surface area contributed by atoms with E-state index in [0.29, 0.717) is 0 Å². The van der Waals surface area contributed by atoms with Crippen LogP contribution in [0.5, 0.6) is 0 Å². The van der Waals surface area contributed by atoms with E-state index in [1.165, 1.54) is 29.8 Å². The van der Waals surface area contributed by atoms with Crippen LogP contribution in [0.15, 0.2) is 30.7 Å². The van der Waals surface area contributed by atoms with Gasteiger partial charge in [-0.3, -0.25) is 10.00 Å². The molecular formula is C21H27N7. The summed E-state index contributed by atoms with van der Waals surface area (Å²) in [6.45, 7) is 5.21. The van der Waals surface area contributed by atoms with E-state index >= 15 is 0 Å². The number of hydrogen-bond donors (Lipinski definition) is 1. The van der Waals surface area contributed by atoms with Crippen LogP contribution in [0.4, 0.5) is 11.5 Å². The fraction of sp³-hybridized carbons (Fsp3) is 0.476. The summed E-state index contributed by atoms with van der Waals surface area (Å²) in [5, 5.41) is 8.62. The smallest absolute Gasteiger partial charge is 0.139 e. The lowest BCUT2D eigenvalue weighted by molar-refractivity contribution is 0.249. The second kappa shape index (κ2) is 7.05. The van der Waals surface area contributed by atoms with Crippen molar-refractivity contribution in [3.05, 3.63) is 42.0 Å². The lowest BCUT2D eigenvalue weighted by Gasteiger charge is -2.36. The molecule has 1 aromatic carbocycles. The molecule has 7 nitrogen and oxygen atoms in total. The van der Waals surface area contributed by atoms with Gasteiger partial charge in [-0.05, 0) is 31.0 Å². The Morgan fingerprint density at radius 2 is 1.93 bits per heavy atom. The highest BCUT2D eigenvalue weighted by Gasteiger charge is 2.28. The van der Waals surface area contributed by atoms with E-state index in [4.69, 9.17) is 0 Å². The summed E-state index contributed by atoms with van der Waals surface area (Å²) in [5.41, 5.74) is 5.00. The first-order chi connectivity index (χ1) is 13.7. The number of nitrogens with zero attached hydrogens (tertiary/aromatic N) is 6. The highest BCUT2D eigenvalue weighted by molar-refractivity contribution is 5.91. The standard InChI is InChI=1S/C21H27N7/c1-26(2)21-18-11-17(5-6-19(18)22-14-23-21)28-9-7-27(8-10-28)13-16-12-24-25-20(16)15-3-4-15/h5-6,11-12,14-15H,3-4,7-10,13H2,1-2H3,(H,24,25). The number of benzene rings is 1. The zero-order chi connectivity index (χ0) is 19.1. The van der Waals surface area contributed by atoms with Crippen molar-refractivity contribution in [2.45, 2.75) is 25.3 Å². The number of fused-ring (bicyclic) bond motifs is 1. The van der Waals surface area contributed by atoms with Crippen molar-refractivity contribution in [2.75, 3.05) is 50.1 Å². The highest BCUT2D eigenvalue weighted by Crippen LogP contribution is 2.40. The van der Waals surface area contributed by atoms with Crippen LogP contribution in [0.2, 0.25) is 0 Å². The van der Waals surface area contributed by atoms with Crippen molar-refractivity contribution in [2.24, 2.45) is 0 Å². The molecule has 0 unspecified atom stereocenters. The third kappa shape index (κ3) is 3.30. The Labute approximate surface area is 165 Å². The lowest BCUT2D eigenvalue weighted by Crippen LogP contribution is -2.46. The predicted octanol–water partition coefficient (Wildman–Crippen LogP) is 2.62. The van der Waals surface area contributed by atoms with Gasteiger partial charge in [-0.15, -0.1) is 0 Å². The molecule has 3 aromatic rings. The number of aromatic nitrogens is 4. The minimum absolute atomic E-state index is 0.726. The number of piperazine rings is 1. The largest absolute Gasteiger partial charge is 0.369 e. The maximum absolute atomic E-state index is 4.45. The maximum atomic E-state index is 4.45. The van der Waals surface area contributed by atoms with E-state index < -0.39 is 0 Å². The minimum atomic E-state index is 0.726. The van der Waals surface area contributed by atoms with Gasteiger partial charge in [0, 0.05) is 75.1 Å². The van der Waals surface area contributed by atoms with Crippen molar-refractivity contribution < 1.29 is 0 Å². The van der Waals surface area contributed by atoms with Gasteiger partial charge >= 0.3 is 0 Å². The Kier molecular flexibility index (Phi) is 4.39. The van der Waals surface area contributed by atoms with Gasteiger partial charge in [-0.2, -0.15) is 5.10 Å². The summed E-state index contributed by atoms with van der Waals surface area (Å²) in [4.78, 5) is 15.9. The van der Waals surface area contributed by atoms with Crippen LogP contribution in [0.3, 0.4) is 0 Å². The van der Waals surface area contributed by atoms with Crippen LogP contribution >= 0.6 is 0 Å². The molecule has 1 saturated carbocycles. The Balaban J connectivity index is 1.28. The van der Waals surface area contributed by atoms with E-state index in [2.05, 4.69) is 48.2 Å². The summed E-state index contributed by atoms with van der Waals surface area (Å²) in [6.07, 6.45) is 6.28. The minimum Gasteiger partial charge on any atom is -0.369 e. The predicted molar refractivity (Wildman–Crippen MR) is 112 cm³/mol. The van der Waals surface area contributed by atoms with Crippen LogP contribution in [0.1, 0.15) is 30.0 Å². The quantitative estimate of drug-likeness (QED) is 0.737. The molecule has 2 aromatic heterocycles. The molecule has 1 aliphatic carbocycles. The third-order valence-electron chi connectivity index (χ3n) is 5.89. The second-order valence-corrected chi connectivity index (χ2v) is 8.14. The van der Waals surface area contributed by atoms with Gasteiger partial charge in [-0.25, -0.2) is 9.97 Å². The molecule has 5 rings (SSSR count). The van der Waals surface area contributed by atoms with Crippen LogP contribution in [0, 0.1) is 0 Å². The molecule has 1 N–H and O–H groups in total. The number of rotatable bonds is 5. The Morgan fingerprint density at radius 3 is 2.68 bits per heavy atom. The van der Waals surface area contributed by atoms with Gasteiger partial charge in [0.1, 0.15) is 12.1 Å². The molecule has 2 fully saturated rings. The number of H-pyrrole nitrogens is 1. The first-order valence-electron chi connectivity index (χ1n) is 10.1. The summed E-state index contributed by atoms with van der Waals surface area (Å²) in [6, 6.07) is 6.53. The van der Waals surface area contributed by atoms with Crippen molar-refractivity contribution in [3.8, 4) is 0 Å². The van der Waals surface area contributed by atoms with Gasteiger partial charge in [0.15, 0.2) is 0 Å². The van der Waals surface area contributed by atoms with Crippen molar-refractivity contribution in [3.63, 3.8) is 0 Å². The third-order valence-corrected chi connectivity index (χ3v) is 5.89. The topological polar surface area (TPSA) is 64.2 Å². The first-order valence-corrected chi connectivity index (χ1v) is 10.1. The van der Waals surface area contributed by atoms with E-state index in [1.54, 1.807) is 6.33 Å². The molecule has 0 spiro atoms. The van der Waals surface area contributed by atoms with E-state index in [-0.39, 0.29) is 0 Å². The molecule has 1 saturated heterocycles. The van der Waals surface area contributed by atoms with Crippen LogP contribution in [0.25, 0.3) is 10.9 Å².